The summed E-state index contributed by atoms with van der Waals surface area (Å²) in [5, 5.41) is 5.31. The number of hydrogen-bond acceptors (Lipinski definition) is 4. The first-order valence-electron chi connectivity index (χ1n) is 7.75. The van der Waals surface area contributed by atoms with E-state index in [0.717, 1.165) is 6.42 Å². The summed E-state index contributed by atoms with van der Waals surface area (Å²) in [5.41, 5.74) is 1.11. The number of carbonyl (C=O) groups excluding carboxylic acids is 2. The molecule has 0 bridgehead atoms. The molecule has 3 rings (SSSR count). The van der Waals surface area contributed by atoms with Crippen molar-refractivity contribution in [2.75, 3.05) is 25.1 Å². The normalized spacial score (nSPS) is 12.8. The molecule has 24 heavy (non-hydrogen) atoms. The van der Waals surface area contributed by atoms with Crippen molar-refractivity contribution >= 4 is 17.5 Å². The molecule has 1 heterocycles. The Kier molecular flexibility index (Phi) is 4.96. The van der Waals surface area contributed by atoms with Gasteiger partial charge in [0, 0.05) is 23.7 Å². The second-order valence-electron chi connectivity index (χ2n) is 5.31. The minimum Gasteiger partial charge on any atom is -0.490 e. The number of amides is 2. The molecule has 124 valence electrons. The Morgan fingerprint density at radius 1 is 0.958 bits per heavy atom. The highest BCUT2D eigenvalue weighted by molar-refractivity contribution is 5.99. The van der Waals surface area contributed by atoms with Gasteiger partial charge < -0.3 is 20.1 Å². The van der Waals surface area contributed by atoms with Crippen LogP contribution in [0.15, 0.2) is 48.5 Å². The Labute approximate surface area is 139 Å². The van der Waals surface area contributed by atoms with Crippen LogP contribution in [-0.4, -0.2) is 31.6 Å². The van der Waals surface area contributed by atoms with E-state index in [-0.39, 0.29) is 18.4 Å². The van der Waals surface area contributed by atoms with Gasteiger partial charge in [-0.25, -0.2) is 0 Å². The van der Waals surface area contributed by atoms with Crippen molar-refractivity contribution in [3.8, 4) is 11.5 Å². The maximum atomic E-state index is 12.0. The lowest BCUT2D eigenvalue weighted by Gasteiger charge is -2.11. The molecule has 0 unspecified atom stereocenters. The van der Waals surface area contributed by atoms with Gasteiger partial charge in [-0.05, 0) is 24.3 Å². The van der Waals surface area contributed by atoms with Gasteiger partial charge in [0.2, 0.25) is 5.91 Å². The first-order chi connectivity index (χ1) is 11.7. The molecule has 0 radical (unpaired) electrons. The highest BCUT2D eigenvalue weighted by atomic mass is 16.5. The van der Waals surface area contributed by atoms with E-state index in [1.54, 1.807) is 42.5 Å². The third kappa shape index (κ3) is 4.04. The molecule has 0 spiro atoms. The van der Waals surface area contributed by atoms with Crippen molar-refractivity contribution in [1.82, 2.24) is 5.32 Å². The number of anilines is 1. The van der Waals surface area contributed by atoms with E-state index in [1.807, 2.05) is 6.07 Å². The lowest BCUT2D eigenvalue weighted by molar-refractivity contribution is -0.115. The molecule has 0 saturated heterocycles. The van der Waals surface area contributed by atoms with E-state index >= 15 is 0 Å². The maximum Gasteiger partial charge on any atom is 0.251 e. The Morgan fingerprint density at radius 3 is 2.50 bits per heavy atom. The quantitative estimate of drug-likeness (QED) is 0.903. The number of fused-ring (bicyclic) bond motifs is 1. The fourth-order valence-corrected chi connectivity index (χ4v) is 2.30. The zero-order valence-corrected chi connectivity index (χ0v) is 13.1. The monoisotopic (exact) mass is 326 g/mol. The van der Waals surface area contributed by atoms with Crippen LogP contribution in [0.5, 0.6) is 11.5 Å². The largest absolute Gasteiger partial charge is 0.490 e. The minimum absolute atomic E-state index is 0.109. The summed E-state index contributed by atoms with van der Waals surface area (Å²) in [4.78, 5) is 23.9. The fourth-order valence-electron chi connectivity index (χ4n) is 2.30. The Bertz CT molecular complexity index is 731. The van der Waals surface area contributed by atoms with Gasteiger partial charge in [0.05, 0.1) is 19.8 Å². The van der Waals surface area contributed by atoms with Crippen LogP contribution in [0, 0.1) is 0 Å². The van der Waals surface area contributed by atoms with Gasteiger partial charge >= 0.3 is 0 Å². The van der Waals surface area contributed by atoms with Crippen molar-refractivity contribution in [2.24, 2.45) is 0 Å². The first kappa shape index (κ1) is 15.9. The Balaban J connectivity index is 1.55. The standard InChI is InChI=1S/C18H18N2O4/c21-17(12-19-18(22)13-5-2-1-3-6-13)20-14-7-8-15-16(11-14)24-10-4-9-23-15/h1-3,5-8,11H,4,9-10,12H2,(H,19,22)(H,20,21). The van der Waals surface area contributed by atoms with E-state index in [2.05, 4.69) is 10.6 Å². The Hall–Kier alpha value is -3.02. The summed E-state index contributed by atoms with van der Waals surface area (Å²) < 4.78 is 11.1. The summed E-state index contributed by atoms with van der Waals surface area (Å²) in [5.74, 6) is 0.680. The van der Waals surface area contributed by atoms with E-state index in [0.29, 0.717) is 36.0 Å². The van der Waals surface area contributed by atoms with Crippen molar-refractivity contribution in [3.63, 3.8) is 0 Å². The third-order valence-corrected chi connectivity index (χ3v) is 3.48. The van der Waals surface area contributed by atoms with Crippen LogP contribution in [0.4, 0.5) is 5.69 Å². The average Bonchev–Trinajstić information content (AvgIpc) is 2.85. The number of benzene rings is 2. The summed E-state index contributed by atoms with van der Waals surface area (Å²) in [6, 6.07) is 14.0. The van der Waals surface area contributed by atoms with Gasteiger partial charge in [-0.3, -0.25) is 9.59 Å². The number of rotatable bonds is 4. The molecule has 1 aliphatic rings. The predicted molar refractivity (Wildman–Crippen MR) is 89.5 cm³/mol. The van der Waals surface area contributed by atoms with Crippen LogP contribution >= 0.6 is 0 Å². The molecular formula is C18H18N2O4. The molecule has 2 aromatic rings. The zero-order chi connectivity index (χ0) is 16.8. The van der Waals surface area contributed by atoms with Gasteiger partial charge in [0.1, 0.15) is 0 Å². The predicted octanol–water partition coefficient (Wildman–Crippen LogP) is 2.22. The molecule has 1 aliphatic heterocycles. The highest BCUT2D eigenvalue weighted by Crippen LogP contribution is 2.32. The second kappa shape index (κ2) is 7.50. The number of nitrogens with one attached hydrogen (secondary N) is 2. The molecule has 2 amide bonds. The number of ether oxygens (including phenoxy) is 2. The van der Waals surface area contributed by atoms with Gasteiger partial charge in [-0.2, -0.15) is 0 Å². The molecule has 0 atom stereocenters. The summed E-state index contributed by atoms with van der Waals surface area (Å²) in [7, 11) is 0. The molecule has 6 nitrogen and oxygen atoms in total. The van der Waals surface area contributed by atoms with Crippen LogP contribution in [0.1, 0.15) is 16.8 Å². The van der Waals surface area contributed by atoms with E-state index in [9.17, 15) is 9.59 Å². The molecule has 0 aromatic heterocycles. The SMILES string of the molecule is O=C(CNC(=O)c1ccccc1)Nc1ccc2c(c1)OCCCO2. The average molecular weight is 326 g/mol. The third-order valence-electron chi connectivity index (χ3n) is 3.48. The second-order valence-corrected chi connectivity index (χ2v) is 5.31. The Morgan fingerprint density at radius 2 is 1.71 bits per heavy atom. The lowest BCUT2D eigenvalue weighted by atomic mass is 10.2. The molecule has 0 saturated carbocycles. The fraction of sp³-hybridized carbons (Fsp3) is 0.222. The van der Waals surface area contributed by atoms with Crippen molar-refractivity contribution < 1.29 is 19.1 Å². The highest BCUT2D eigenvalue weighted by Gasteiger charge is 2.12. The molecule has 2 N–H and O–H groups in total. The molecule has 2 aromatic carbocycles. The van der Waals surface area contributed by atoms with Gasteiger partial charge in [0.15, 0.2) is 11.5 Å². The van der Waals surface area contributed by atoms with E-state index in [4.69, 9.17) is 9.47 Å². The van der Waals surface area contributed by atoms with Crippen LogP contribution in [0.2, 0.25) is 0 Å². The molecule has 6 heteroatoms. The summed E-state index contributed by atoms with van der Waals surface area (Å²) in [6.07, 6.45) is 0.821. The minimum atomic E-state index is -0.311. The molecule has 0 fully saturated rings. The van der Waals surface area contributed by atoms with Crippen LogP contribution in [-0.2, 0) is 4.79 Å². The summed E-state index contributed by atoms with van der Waals surface area (Å²) >= 11 is 0. The lowest BCUT2D eigenvalue weighted by Crippen LogP contribution is -2.32. The van der Waals surface area contributed by atoms with Gasteiger partial charge in [-0.1, -0.05) is 18.2 Å². The summed E-state index contributed by atoms with van der Waals surface area (Å²) in [6.45, 7) is 1.09. The maximum absolute atomic E-state index is 12.0. The van der Waals surface area contributed by atoms with Gasteiger partial charge in [-0.15, -0.1) is 0 Å². The van der Waals surface area contributed by atoms with E-state index in [1.165, 1.54) is 0 Å². The number of hydrogen-bond donors (Lipinski definition) is 2. The van der Waals surface area contributed by atoms with E-state index < -0.39 is 0 Å². The molecule has 0 aliphatic carbocycles. The van der Waals surface area contributed by atoms with Crippen LogP contribution in [0.3, 0.4) is 0 Å². The van der Waals surface area contributed by atoms with Crippen molar-refractivity contribution in [3.05, 3.63) is 54.1 Å². The first-order valence-corrected chi connectivity index (χ1v) is 7.75. The zero-order valence-electron chi connectivity index (χ0n) is 13.1. The number of carbonyl (C=O) groups is 2. The van der Waals surface area contributed by atoms with Crippen molar-refractivity contribution in [1.29, 1.82) is 0 Å². The van der Waals surface area contributed by atoms with Gasteiger partial charge in [0.25, 0.3) is 5.91 Å². The van der Waals surface area contributed by atoms with Crippen molar-refractivity contribution in [2.45, 2.75) is 6.42 Å². The molecular weight excluding hydrogens is 308 g/mol. The van der Waals surface area contributed by atoms with Crippen LogP contribution in [0.25, 0.3) is 0 Å². The smallest absolute Gasteiger partial charge is 0.251 e. The van der Waals surface area contributed by atoms with Crippen LogP contribution < -0.4 is 20.1 Å². The topological polar surface area (TPSA) is 76.7 Å².